The smallest absolute Gasteiger partial charge is 0.185 e. The quantitative estimate of drug-likeness (QED) is 0.769. The molecule has 0 radical (unpaired) electrons. The number of β-amino-alcohol motifs (C(OH)–C–C–N with tert-alkyl or cyclic N) is 1. The molecule has 136 valence electrons. The van der Waals surface area contributed by atoms with E-state index in [1.54, 1.807) is 4.52 Å². The Labute approximate surface area is 153 Å². The van der Waals surface area contributed by atoms with Crippen LogP contribution in [0.1, 0.15) is 27.2 Å². The summed E-state index contributed by atoms with van der Waals surface area (Å²) in [6.45, 7) is 8.09. The molecule has 0 saturated carbocycles. The molecule has 1 N–H and O–H groups in total. The number of aromatic nitrogens is 4. The van der Waals surface area contributed by atoms with Gasteiger partial charge < -0.3 is 10.0 Å². The fourth-order valence-electron chi connectivity index (χ4n) is 3.86. The summed E-state index contributed by atoms with van der Waals surface area (Å²) in [5.74, 6) is 1.88. The van der Waals surface area contributed by atoms with Gasteiger partial charge in [0.25, 0.3) is 0 Å². The number of hydrogen-bond acceptors (Lipinski definition) is 5. The number of aliphatic hydroxyl groups is 1. The largest absolute Gasteiger partial charge is 0.391 e. The second-order valence-corrected chi connectivity index (χ2v) is 8.13. The lowest BCUT2D eigenvalue weighted by Crippen LogP contribution is -2.48. The Bertz CT molecular complexity index is 899. The molecule has 26 heavy (non-hydrogen) atoms. The van der Waals surface area contributed by atoms with Gasteiger partial charge in [-0.05, 0) is 29.9 Å². The van der Waals surface area contributed by atoms with Crippen molar-refractivity contribution in [3.8, 4) is 11.4 Å². The van der Waals surface area contributed by atoms with Crippen molar-refractivity contribution < 1.29 is 5.11 Å². The van der Waals surface area contributed by atoms with Crippen LogP contribution in [0.3, 0.4) is 0 Å². The Balaban J connectivity index is 1.64. The molecule has 4 rings (SSSR count). The number of hydrogen-bond donors (Lipinski definition) is 1. The van der Waals surface area contributed by atoms with Crippen molar-refractivity contribution in [2.45, 2.75) is 33.3 Å². The van der Waals surface area contributed by atoms with Crippen LogP contribution in [0.25, 0.3) is 17.0 Å². The van der Waals surface area contributed by atoms with Crippen molar-refractivity contribution in [1.29, 1.82) is 0 Å². The second kappa shape index (κ2) is 6.36. The molecule has 0 spiro atoms. The third-order valence-electron chi connectivity index (χ3n) is 5.30. The lowest BCUT2D eigenvalue weighted by Gasteiger charge is -2.42. The molecule has 0 unspecified atom stereocenters. The zero-order valence-corrected chi connectivity index (χ0v) is 15.5. The Morgan fingerprint density at radius 3 is 2.50 bits per heavy atom. The van der Waals surface area contributed by atoms with Crippen LogP contribution in [0.5, 0.6) is 0 Å². The maximum Gasteiger partial charge on any atom is 0.185 e. The highest BCUT2D eigenvalue weighted by molar-refractivity contribution is 5.59. The Hall–Kier alpha value is -2.47. The molecule has 6 nitrogen and oxygen atoms in total. The van der Waals surface area contributed by atoms with Crippen LogP contribution in [0.4, 0.5) is 5.82 Å². The van der Waals surface area contributed by atoms with Gasteiger partial charge in [-0.2, -0.15) is 4.52 Å². The van der Waals surface area contributed by atoms with Gasteiger partial charge in [0.2, 0.25) is 0 Å². The van der Waals surface area contributed by atoms with E-state index in [4.69, 9.17) is 5.10 Å². The Kier molecular flexibility index (Phi) is 4.15. The summed E-state index contributed by atoms with van der Waals surface area (Å²) in [6.07, 6.45) is 0.605. The van der Waals surface area contributed by atoms with Gasteiger partial charge in [0.05, 0.1) is 6.10 Å². The minimum atomic E-state index is -0.351. The van der Waals surface area contributed by atoms with E-state index >= 15 is 0 Å². The molecule has 1 fully saturated rings. The van der Waals surface area contributed by atoms with E-state index in [0.29, 0.717) is 12.5 Å². The first-order valence-electron chi connectivity index (χ1n) is 9.14. The highest BCUT2D eigenvalue weighted by Crippen LogP contribution is 2.35. The minimum Gasteiger partial charge on any atom is -0.391 e. The number of piperidine rings is 1. The maximum absolute atomic E-state index is 10.6. The minimum absolute atomic E-state index is 0.109. The monoisotopic (exact) mass is 351 g/mol. The van der Waals surface area contributed by atoms with Crippen molar-refractivity contribution in [1.82, 2.24) is 19.8 Å². The van der Waals surface area contributed by atoms with E-state index in [9.17, 15) is 5.11 Å². The maximum atomic E-state index is 10.6. The molecule has 0 bridgehead atoms. The van der Waals surface area contributed by atoms with Gasteiger partial charge in [0.1, 0.15) is 5.82 Å². The summed E-state index contributed by atoms with van der Waals surface area (Å²) in [6, 6.07) is 13.8. The first-order valence-corrected chi connectivity index (χ1v) is 9.14. The third kappa shape index (κ3) is 3.05. The van der Waals surface area contributed by atoms with E-state index < -0.39 is 0 Å². The number of rotatable bonds is 2. The van der Waals surface area contributed by atoms with E-state index in [1.165, 1.54) is 0 Å². The van der Waals surface area contributed by atoms with Crippen molar-refractivity contribution in [2.24, 2.45) is 11.3 Å². The summed E-state index contributed by atoms with van der Waals surface area (Å²) in [7, 11) is 0. The van der Waals surface area contributed by atoms with Crippen LogP contribution in [0.2, 0.25) is 0 Å². The van der Waals surface area contributed by atoms with Crippen molar-refractivity contribution in [3.63, 3.8) is 0 Å². The molecule has 6 heteroatoms. The fraction of sp³-hybridized carbons (Fsp3) is 0.450. The van der Waals surface area contributed by atoms with E-state index in [1.807, 2.05) is 42.5 Å². The molecule has 2 aromatic heterocycles. The molecule has 1 aromatic carbocycles. The molecule has 1 saturated heterocycles. The van der Waals surface area contributed by atoms with Crippen LogP contribution in [0, 0.1) is 11.3 Å². The average molecular weight is 351 g/mol. The van der Waals surface area contributed by atoms with Gasteiger partial charge in [-0.25, -0.2) is 0 Å². The number of fused-ring (bicyclic) bond motifs is 1. The topological polar surface area (TPSA) is 66.6 Å². The fourth-order valence-corrected chi connectivity index (χ4v) is 3.86. The molecule has 3 heterocycles. The SMILES string of the molecule is CC(C)(C)[C@@H]1CCN(c2ccc3nnc(-c4ccccc4)n3n2)C[C@@H]1O. The summed E-state index contributed by atoms with van der Waals surface area (Å²) >= 11 is 0. The highest BCUT2D eigenvalue weighted by Gasteiger charge is 2.36. The lowest BCUT2D eigenvalue weighted by atomic mass is 9.74. The Morgan fingerprint density at radius 2 is 1.81 bits per heavy atom. The zero-order chi connectivity index (χ0) is 18.3. The van der Waals surface area contributed by atoms with E-state index in [-0.39, 0.29) is 11.5 Å². The van der Waals surface area contributed by atoms with Crippen molar-refractivity contribution in [2.75, 3.05) is 18.0 Å². The third-order valence-corrected chi connectivity index (χ3v) is 5.30. The first-order chi connectivity index (χ1) is 12.4. The molecule has 0 amide bonds. The standard InChI is InChI=1S/C20H25N5O/c1-20(2,3)15-11-12-24(13-16(15)26)18-10-9-17-21-22-19(25(17)23-18)14-7-5-4-6-8-14/h4-10,15-16,26H,11-13H2,1-3H3/t15-,16+/m1/s1. The molecule has 1 aliphatic rings. The van der Waals surface area contributed by atoms with Crippen LogP contribution < -0.4 is 4.90 Å². The molecular formula is C20H25N5O. The predicted octanol–water partition coefficient (Wildman–Crippen LogP) is 3.02. The summed E-state index contributed by atoms with van der Waals surface area (Å²) in [4.78, 5) is 2.15. The number of anilines is 1. The number of nitrogens with zero attached hydrogens (tertiary/aromatic N) is 5. The van der Waals surface area contributed by atoms with E-state index in [2.05, 4.69) is 35.9 Å². The van der Waals surface area contributed by atoms with Gasteiger partial charge in [0.15, 0.2) is 11.5 Å². The second-order valence-electron chi connectivity index (χ2n) is 8.13. The van der Waals surface area contributed by atoms with Crippen LogP contribution in [0.15, 0.2) is 42.5 Å². The summed E-state index contributed by atoms with van der Waals surface area (Å²) in [5.41, 5.74) is 1.81. The molecule has 0 aliphatic carbocycles. The number of benzene rings is 1. The molecular weight excluding hydrogens is 326 g/mol. The predicted molar refractivity (Wildman–Crippen MR) is 102 cm³/mol. The highest BCUT2D eigenvalue weighted by atomic mass is 16.3. The molecule has 1 aliphatic heterocycles. The molecule has 3 aromatic rings. The average Bonchev–Trinajstić information content (AvgIpc) is 3.04. The van der Waals surface area contributed by atoms with Gasteiger partial charge >= 0.3 is 0 Å². The Morgan fingerprint density at radius 1 is 1.04 bits per heavy atom. The van der Waals surface area contributed by atoms with Crippen LogP contribution >= 0.6 is 0 Å². The first kappa shape index (κ1) is 17.0. The van der Waals surface area contributed by atoms with Gasteiger partial charge in [-0.15, -0.1) is 15.3 Å². The van der Waals surface area contributed by atoms with Gasteiger partial charge in [-0.1, -0.05) is 51.1 Å². The zero-order valence-electron chi connectivity index (χ0n) is 15.5. The summed E-state index contributed by atoms with van der Waals surface area (Å²) < 4.78 is 1.78. The number of aliphatic hydroxyl groups excluding tert-OH is 1. The van der Waals surface area contributed by atoms with E-state index in [0.717, 1.165) is 35.8 Å². The summed E-state index contributed by atoms with van der Waals surface area (Å²) in [5, 5.41) is 23.9. The normalized spacial score (nSPS) is 21.3. The van der Waals surface area contributed by atoms with Crippen LogP contribution in [-0.4, -0.2) is 44.1 Å². The van der Waals surface area contributed by atoms with Crippen LogP contribution in [-0.2, 0) is 0 Å². The van der Waals surface area contributed by atoms with Gasteiger partial charge in [-0.3, -0.25) is 0 Å². The van der Waals surface area contributed by atoms with Gasteiger partial charge in [0, 0.05) is 18.7 Å². The van der Waals surface area contributed by atoms with Crippen molar-refractivity contribution >= 4 is 11.5 Å². The molecule has 2 atom stereocenters. The van der Waals surface area contributed by atoms with Crippen molar-refractivity contribution in [3.05, 3.63) is 42.5 Å². The lowest BCUT2D eigenvalue weighted by molar-refractivity contribution is 0.0291.